The van der Waals surface area contributed by atoms with Crippen molar-refractivity contribution in [3.63, 3.8) is 0 Å². The van der Waals surface area contributed by atoms with Crippen LogP contribution in [0.4, 0.5) is 0 Å². The molecule has 0 aliphatic carbocycles. The Morgan fingerprint density at radius 1 is 1.13 bits per heavy atom. The van der Waals surface area contributed by atoms with Crippen molar-refractivity contribution in [2.24, 2.45) is 0 Å². The van der Waals surface area contributed by atoms with Gasteiger partial charge in [0.05, 0.1) is 23.7 Å². The third-order valence-electron chi connectivity index (χ3n) is 5.89. The van der Waals surface area contributed by atoms with Gasteiger partial charge in [-0.2, -0.15) is 0 Å². The molecule has 2 atom stereocenters. The highest BCUT2D eigenvalue weighted by molar-refractivity contribution is 7.92. The van der Waals surface area contributed by atoms with Crippen molar-refractivity contribution < 1.29 is 28.3 Å². The van der Waals surface area contributed by atoms with Crippen LogP contribution in [0.5, 0.6) is 5.75 Å². The summed E-state index contributed by atoms with van der Waals surface area (Å²) in [6, 6.07) is 16.8. The molecule has 1 saturated heterocycles. The minimum Gasteiger partial charge on any atom is -0.508 e. The second-order valence-corrected chi connectivity index (χ2v) is 10.2. The highest BCUT2D eigenvalue weighted by Crippen LogP contribution is 2.40. The van der Waals surface area contributed by atoms with Gasteiger partial charge >= 0.3 is 7.12 Å². The summed E-state index contributed by atoms with van der Waals surface area (Å²) in [5.41, 5.74) is 4.09. The van der Waals surface area contributed by atoms with E-state index >= 15 is 0 Å². The van der Waals surface area contributed by atoms with Gasteiger partial charge in [0, 0.05) is 6.32 Å². The Morgan fingerprint density at radius 2 is 1.84 bits per heavy atom. The Hall–Kier alpha value is -2.39. The molecule has 0 bridgehead atoms. The standard InChI is InChI=1S/C23H25BO6S/c25-14-19-15-31(28,29)22-13-24(27)30-21(23(19)22)11-8-18(17-4-2-1-3-5-17)12-16-6-9-20(26)10-7-16/h1-7,9-10,12,21-22,25-27H,8,11,13-15H2/b18-12-/t21-,22+/m1/s1. The fraction of sp³-hybridized carbons (Fsp3) is 0.304. The maximum atomic E-state index is 12.5. The van der Waals surface area contributed by atoms with Crippen LogP contribution in [0.1, 0.15) is 24.0 Å². The van der Waals surface area contributed by atoms with Crippen LogP contribution in [0.25, 0.3) is 11.6 Å². The van der Waals surface area contributed by atoms with E-state index in [1.165, 1.54) is 0 Å². The number of hydrogen-bond donors (Lipinski definition) is 3. The number of aliphatic hydroxyl groups is 1. The second kappa shape index (κ2) is 9.00. The third-order valence-corrected chi connectivity index (χ3v) is 7.96. The first-order chi connectivity index (χ1) is 14.9. The van der Waals surface area contributed by atoms with Gasteiger partial charge < -0.3 is 19.9 Å². The topological polar surface area (TPSA) is 104 Å². The molecule has 0 aromatic heterocycles. The van der Waals surface area contributed by atoms with Crippen molar-refractivity contribution in [2.45, 2.75) is 30.5 Å². The van der Waals surface area contributed by atoms with Crippen LogP contribution in [0.15, 0.2) is 65.7 Å². The molecule has 2 heterocycles. The third kappa shape index (κ3) is 4.77. The molecule has 31 heavy (non-hydrogen) atoms. The Kier molecular flexibility index (Phi) is 6.34. The van der Waals surface area contributed by atoms with Crippen molar-refractivity contribution in [3.05, 3.63) is 76.9 Å². The van der Waals surface area contributed by atoms with Gasteiger partial charge in [-0.25, -0.2) is 8.42 Å². The summed E-state index contributed by atoms with van der Waals surface area (Å²) in [5, 5.41) is 28.6. The molecule has 2 aromatic rings. The summed E-state index contributed by atoms with van der Waals surface area (Å²) in [6.07, 6.45) is 2.52. The molecule has 1 fully saturated rings. The van der Waals surface area contributed by atoms with Crippen LogP contribution >= 0.6 is 0 Å². The number of aromatic hydroxyl groups is 1. The van der Waals surface area contributed by atoms with Crippen molar-refractivity contribution in [1.29, 1.82) is 0 Å². The van der Waals surface area contributed by atoms with Gasteiger partial charge in [-0.1, -0.05) is 48.5 Å². The first kappa shape index (κ1) is 21.8. The lowest BCUT2D eigenvalue weighted by molar-refractivity contribution is 0.169. The maximum Gasteiger partial charge on any atom is 0.456 e. The van der Waals surface area contributed by atoms with Crippen molar-refractivity contribution >= 4 is 28.6 Å². The second-order valence-electron chi connectivity index (χ2n) is 7.99. The molecule has 0 unspecified atom stereocenters. The molecule has 0 amide bonds. The highest BCUT2D eigenvalue weighted by Gasteiger charge is 2.48. The van der Waals surface area contributed by atoms with E-state index < -0.39 is 28.3 Å². The van der Waals surface area contributed by atoms with Crippen molar-refractivity contribution in [2.75, 3.05) is 12.4 Å². The number of allylic oxidation sites excluding steroid dienone is 1. The van der Waals surface area contributed by atoms with Gasteiger partial charge in [-0.15, -0.1) is 0 Å². The average Bonchev–Trinajstić information content (AvgIpc) is 3.03. The van der Waals surface area contributed by atoms with Gasteiger partial charge in [0.25, 0.3) is 0 Å². The number of benzene rings is 2. The molecule has 2 aliphatic heterocycles. The lowest BCUT2D eigenvalue weighted by atomic mass is 9.74. The first-order valence-electron chi connectivity index (χ1n) is 10.3. The summed E-state index contributed by atoms with van der Waals surface area (Å²) >= 11 is 0. The SMILES string of the molecule is O=S1(=O)CC(CO)=C2[C@@H](CC/C(=C/c3ccc(O)cc3)c3ccccc3)OB(O)C[C@@H]21. The summed E-state index contributed by atoms with van der Waals surface area (Å²) in [7, 11) is -4.58. The van der Waals surface area contributed by atoms with E-state index in [0.717, 1.165) is 16.7 Å². The number of rotatable bonds is 6. The smallest absolute Gasteiger partial charge is 0.456 e. The van der Waals surface area contributed by atoms with Gasteiger partial charge in [0.15, 0.2) is 9.84 Å². The largest absolute Gasteiger partial charge is 0.508 e. The Labute approximate surface area is 182 Å². The molecule has 2 aliphatic rings. The first-order valence-corrected chi connectivity index (χ1v) is 12.0. The van der Waals surface area contributed by atoms with Crippen LogP contribution in [-0.2, 0) is 14.5 Å². The number of hydrogen-bond acceptors (Lipinski definition) is 6. The predicted octanol–water partition coefficient (Wildman–Crippen LogP) is 2.68. The Bertz CT molecular complexity index is 1090. The minimum absolute atomic E-state index is 0.00650. The molecular weight excluding hydrogens is 415 g/mol. The molecule has 8 heteroatoms. The fourth-order valence-corrected chi connectivity index (χ4v) is 6.54. The minimum atomic E-state index is -3.43. The fourth-order valence-electron chi connectivity index (χ4n) is 4.43. The van der Waals surface area contributed by atoms with Gasteiger partial charge in [-0.3, -0.25) is 0 Å². The number of phenolic OH excluding ortho intramolecular Hbond substituents is 1. The van der Waals surface area contributed by atoms with Gasteiger partial charge in [0.2, 0.25) is 0 Å². The molecular formula is C23H25BO6S. The Morgan fingerprint density at radius 3 is 2.52 bits per heavy atom. The average molecular weight is 440 g/mol. The van der Waals surface area contributed by atoms with Crippen LogP contribution in [-0.4, -0.2) is 54.5 Å². The molecule has 0 saturated carbocycles. The highest BCUT2D eigenvalue weighted by atomic mass is 32.2. The number of fused-ring (bicyclic) bond motifs is 1. The number of phenols is 1. The zero-order valence-electron chi connectivity index (χ0n) is 17.0. The Balaban J connectivity index is 1.62. The summed E-state index contributed by atoms with van der Waals surface area (Å²) < 4.78 is 30.8. The predicted molar refractivity (Wildman–Crippen MR) is 121 cm³/mol. The van der Waals surface area contributed by atoms with Crippen LogP contribution < -0.4 is 0 Å². The number of aliphatic hydroxyl groups excluding tert-OH is 1. The molecule has 162 valence electrons. The van der Waals surface area contributed by atoms with E-state index in [-0.39, 0.29) is 24.4 Å². The van der Waals surface area contributed by atoms with Crippen LogP contribution in [0.2, 0.25) is 6.32 Å². The zero-order valence-corrected chi connectivity index (χ0v) is 17.8. The molecule has 2 aromatic carbocycles. The van der Waals surface area contributed by atoms with E-state index in [2.05, 4.69) is 0 Å². The molecule has 0 radical (unpaired) electrons. The monoisotopic (exact) mass is 440 g/mol. The molecule has 4 rings (SSSR count). The van der Waals surface area contributed by atoms with E-state index in [1.54, 1.807) is 12.1 Å². The van der Waals surface area contributed by atoms with Crippen LogP contribution in [0.3, 0.4) is 0 Å². The lowest BCUT2D eigenvalue weighted by Gasteiger charge is -2.32. The normalized spacial score (nSPS) is 23.2. The summed E-state index contributed by atoms with van der Waals surface area (Å²) in [5.74, 6) is 0.0188. The molecule has 6 nitrogen and oxygen atoms in total. The number of sulfone groups is 1. The van der Waals surface area contributed by atoms with Crippen molar-refractivity contribution in [3.8, 4) is 5.75 Å². The van der Waals surface area contributed by atoms with Crippen molar-refractivity contribution in [1.82, 2.24) is 0 Å². The van der Waals surface area contributed by atoms with Gasteiger partial charge in [-0.05, 0) is 52.8 Å². The maximum absolute atomic E-state index is 12.5. The van der Waals surface area contributed by atoms with Gasteiger partial charge in [0.1, 0.15) is 5.75 Å². The van der Waals surface area contributed by atoms with Crippen LogP contribution in [0, 0.1) is 0 Å². The van der Waals surface area contributed by atoms with E-state index in [4.69, 9.17) is 4.65 Å². The molecule has 3 N–H and O–H groups in total. The van der Waals surface area contributed by atoms with E-state index in [1.807, 2.05) is 48.5 Å². The van der Waals surface area contributed by atoms with E-state index in [0.29, 0.717) is 24.0 Å². The summed E-state index contributed by atoms with van der Waals surface area (Å²) in [4.78, 5) is 0. The lowest BCUT2D eigenvalue weighted by Crippen LogP contribution is -2.42. The quantitative estimate of drug-likeness (QED) is 0.363. The molecule has 0 spiro atoms. The summed E-state index contributed by atoms with van der Waals surface area (Å²) in [6.45, 7) is -0.324. The zero-order chi connectivity index (χ0) is 22.0. The van der Waals surface area contributed by atoms with E-state index in [9.17, 15) is 23.7 Å².